The van der Waals surface area contributed by atoms with Crippen molar-refractivity contribution in [2.75, 3.05) is 26.3 Å². The van der Waals surface area contributed by atoms with Crippen LogP contribution in [0.15, 0.2) is 30.3 Å². The number of fused-ring (bicyclic) bond motifs is 2. The Morgan fingerprint density at radius 3 is 2.70 bits per heavy atom. The molecule has 2 aromatic carbocycles. The third-order valence-corrected chi connectivity index (χ3v) is 6.19. The summed E-state index contributed by atoms with van der Waals surface area (Å²) < 4.78 is 11.9. The Balaban J connectivity index is 1.37. The van der Waals surface area contributed by atoms with E-state index in [2.05, 4.69) is 6.07 Å². The lowest BCUT2D eigenvalue weighted by Crippen LogP contribution is -2.38. The van der Waals surface area contributed by atoms with Gasteiger partial charge >= 0.3 is 0 Å². The van der Waals surface area contributed by atoms with Gasteiger partial charge in [0.25, 0.3) is 5.91 Å². The van der Waals surface area contributed by atoms with Crippen LogP contribution in [0.4, 0.5) is 0 Å². The normalized spacial score (nSPS) is 18.6. The molecule has 4 nitrogen and oxygen atoms in total. The van der Waals surface area contributed by atoms with Crippen LogP contribution in [0, 0.1) is 0 Å². The number of ether oxygens (including phenoxy) is 2. The van der Waals surface area contributed by atoms with E-state index in [9.17, 15) is 4.79 Å². The predicted octanol–water partition coefficient (Wildman–Crippen LogP) is 4.23. The second-order valence-electron chi connectivity index (χ2n) is 7.53. The van der Waals surface area contributed by atoms with Crippen LogP contribution in [0.25, 0.3) is 0 Å². The number of carbonyl (C=O) groups excluding carboxylic acids is 1. The molecule has 0 saturated carbocycles. The Morgan fingerprint density at radius 2 is 1.89 bits per heavy atom. The van der Waals surface area contributed by atoms with Crippen LogP contribution >= 0.6 is 11.6 Å². The lowest BCUT2D eigenvalue weighted by Gasteiger charge is -2.33. The molecule has 0 atom stereocenters. The number of hydrogen-bond donors (Lipinski definition) is 0. The van der Waals surface area contributed by atoms with Gasteiger partial charge in [-0.1, -0.05) is 17.7 Å². The fourth-order valence-electron chi connectivity index (χ4n) is 4.63. The van der Waals surface area contributed by atoms with Gasteiger partial charge in [0.1, 0.15) is 11.5 Å². The molecular formula is C22H22ClNO3. The molecule has 0 unspecified atom stereocenters. The van der Waals surface area contributed by atoms with E-state index in [1.165, 1.54) is 16.7 Å². The van der Waals surface area contributed by atoms with Gasteiger partial charge in [0, 0.05) is 53.2 Å². The van der Waals surface area contributed by atoms with E-state index in [0.717, 1.165) is 63.5 Å². The van der Waals surface area contributed by atoms with E-state index < -0.39 is 0 Å². The third kappa shape index (κ3) is 2.96. The SMILES string of the molecule is O=C(c1cccc(Cl)c1)N1CCC(c2c3c(cc4c2OCC4)OCC3)CC1. The second kappa shape index (κ2) is 6.75. The topological polar surface area (TPSA) is 38.8 Å². The van der Waals surface area contributed by atoms with Crippen molar-refractivity contribution in [3.8, 4) is 11.5 Å². The molecule has 0 aliphatic carbocycles. The van der Waals surface area contributed by atoms with Crippen LogP contribution in [-0.4, -0.2) is 37.1 Å². The number of hydrogen-bond acceptors (Lipinski definition) is 3. The number of halogens is 1. The van der Waals surface area contributed by atoms with Crippen molar-refractivity contribution in [3.05, 3.63) is 57.6 Å². The molecule has 3 aliphatic heterocycles. The molecule has 3 aliphatic rings. The summed E-state index contributed by atoms with van der Waals surface area (Å²) in [6, 6.07) is 9.38. The third-order valence-electron chi connectivity index (χ3n) is 5.95. The summed E-state index contributed by atoms with van der Waals surface area (Å²) in [6.07, 6.45) is 3.84. The van der Waals surface area contributed by atoms with Crippen molar-refractivity contribution >= 4 is 17.5 Å². The fourth-order valence-corrected chi connectivity index (χ4v) is 4.82. The predicted molar refractivity (Wildman–Crippen MR) is 104 cm³/mol. The Kier molecular flexibility index (Phi) is 4.24. The molecule has 140 valence electrons. The lowest BCUT2D eigenvalue weighted by molar-refractivity contribution is 0.0712. The molecule has 2 aromatic rings. The number of piperidine rings is 1. The van der Waals surface area contributed by atoms with Gasteiger partial charge in [-0.25, -0.2) is 0 Å². The Hall–Kier alpha value is -2.20. The first-order valence-electron chi connectivity index (χ1n) is 9.70. The summed E-state index contributed by atoms with van der Waals surface area (Å²) >= 11 is 6.04. The summed E-state index contributed by atoms with van der Waals surface area (Å²) in [5, 5.41) is 0.600. The number of rotatable bonds is 2. The van der Waals surface area contributed by atoms with Crippen LogP contribution < -0.4 is 9.47 Å². The molecule has 0 radical (unpaired) electrons. The van der Waals surface area contributed by atoms with Crippen molar-refractivity contribution in [1.29, 1.82) is 0 Å². The van der Waals surface area contributed by atoms with Crippen LogP contribution in [0.5, 0.6) is 11.5 Å². The zero-order valence-corrected chi connectivity index (χ0v) is 15.9. The second-order valence-corrected chi connectivity index (χ2v) is 7.97. The molecule has 1 fully saturated rings. The van der Waals surface area contributed by atoms with E-state index in [1.807, 2.05) is 17.0 Å². The first kappa shape index (κ1) is 16.9. The standard InChI is InChI=1S/C22H22ClNO3/c23-17-3-1-2-16(12-17)22(25)24-8-4-14(5-9-24)20-18-7-11-26-19(18)13-15-6-10-27-21(15)20/h1-3,12-14H,4-11H2. The maximum Gasteiger partial charge on any atom is 0.253 e. The zero-order chi connectivity index (χ0) is 18.4. The van der Waals surface area contributed by atoms with Gasteiger partial charge < -0.3 is 14.4 Å². The molecule has 5 heteroatoms. The molecule has 0 N–H and O–H groups in total. The lowest BCUT2D eigenvalue weighted by atomic mass is 9.83. The first-order valence-corrected chi connectivity index (χ1v) is 10.1. The van der Waals surface area contributed by atoms with Crippen LogP contribution in [0.1, 0.15) is 45.8 Å². The average molecular weight is 384 g/mol. The average Bonchev–Trinajstić information content (AvgIpc) is 3.34. The number of benzene rings is 2. The van der Waals surface area contributed by atoms with Gasteiger partial charge in [-0.3, -0.25) is 4.79 Å². The van der Waals surface area contributed by atoms with Crippen LogP contribution in [0.3, 0.4) is 0 Å². The minimum absolute atomic E-state index is 0.0686. The molecule has 1 saturated heterocycles. The van der Waals surface area contributed by atoms with E-state index >= 15 is 0 Å². The minimum atomic E-state index is 0.0686. The maximum atomic E-state index is 12.8. The van der Waals surface area contributed by atoms with E-state index in [0.29, 0.717) is 16.5 Å². The summed E-state index contributed by atoms with van der Waals surface area (Å²) in [7, 11) is 0. The highest BCUT2D eigenvalue weighted by molar-refractivity contribution is 6.30. The molecule has 0 spiro atoms. The Bertz CT molecular complexity index is 870. The van der Waals surface area contributed by atoms with Gasteiger partial charge in [0.2, 0.25) is 0 Å². The molecular weight excluding hydrogens is 362 g/mol. The number of carbonyl (C=O) groups is 1. The van der Waals surface area contributed by atoms with E-state index in [4.69, 9.17) is 21.1 Å². The maximum absolute atomic E-state index is 12.8. The molecule has 0 bridgehead atoms. The van der Waals surface area contributed by atoms with Crippen LogP contribution in [0.2, 0.25) is 5.02 Å². The highest BCUT2D eigenvalue weighted by Crippen LogP contribution is 2.46. The van der Waals surface area contributed by atoms with E-state index in [1.54, 1.807) is 12.1 Å². The van der Waals surface area contributed by atoms with Gasteiger partial charge in [0.05, 0.1) is 13.2 Å². The largest absolute Gasteiger partial charge is 0.493 e. The Labute approximate surface area is 164 Å². The summed E-state index contributed by atoms with van der Waals surface area (Å²) in [5.74, 6) is 2.64. The van der Waals surface area contributed by atoms with Crippen molar-refractivity contribution in [2.45, 2.75) is 31.6 Å². The van der Waals surface area contributed by atoms with Crippen molar-refractivity contribution in [3.63, 3.8) is 0 Å². The van der Waals surface area contributed by atoms with Gasteiger partial charge in [-0.2, -0.15) is 0 Å². The summed E-state index contributed by atoms with van der Waals surface area (Å²) in [5.41, 5.74) is 4.63. The van der Waals surface area contributed by atoms with Gasteiger partial charge in [-0.15, -0.1) is 0 Å². The molecule has 27 heavy (non-hydrogen) atoms. The van der Waals surface area contributed by atoms with Crippen LogP contribution in [-0.2, 0) is 12.8 Å². The fraction of sp³-hybridized carbons (Fsp3) is 0.409. The molecule has 0 aromatic heterocycles. The molecule has 3 heterocycles. The highest BCUT2D eigenvalue weighted by Gasteiger charge is 2.33. The Morgan fingerprint density at radius 1 is 1.07 bits per heavy atom. The smallest absolute Gasteiger partial charge is 0.253 e. The molecule has 1 amide bonds. The quantitative estimate of drug-likeness (QED) is 0.779. The monoisotopic (exact) mass is 383 g/mol. The van der Waals surface area contributed by atoms with Crippen molar-refractivity contribution < 1.29 is 14.3 Å². The zero-order valence-electron chi connectivity index (χ0n) is 15.2. The van der Waals surface area contributed by atoms with Gasteiger partial charge in [0.15, 0.2) is 0 Å². The number of likely N-dealkylation sites (tertiary alicyclic amines) is 1. The number of nitrogens with zero attached hydrogens (tertiary/aromatic N) is 1. The number of amides is 1. The first-order chi connectivity index (χ1) is 13.2. The van der Waals surface area contributed by atoms with E-state index in [-0.39, 0.29) is 5.91 Å². The van der Waals surface area contributed by atoms with Gasteiger partial charge in [-0.05, 0) is 43.0 Å². The molecule has 5 rings (SSSR count). The summed E-state index contributed by atoms with van der Waals surface area (Å²) in [4.78, 5) is 14.7. The minimum Gasteiger partial charge on any atom is -0.493 e. The van der Waals surface area contributed by atoms with Crippen molar-refractivity contribution in [2.24, 2.45) is 0 Å². The van der Waals surface area contributed by atoms with Crippen molar-refractivity contribution in [1.82, 2.24) is 4.90 Å². The summed E-state index contributed by atoms with van der Waals surface area (Å²) in [6.45, 7) is 3.04. The highest BCUT2D eigenvalue weighted by atomic mass is 35.5.